The van der Waals surface area contributed by atoms with E-state index in [0.717, 1.165) is 24.6 Å². The van der Waals surface area contributed by atoms with Gasteiger partial charge in [-0.2, -0.15) is 0 Å². The fraction of sp³-hybridized carbons (Fsp3) is 0.250. The molecule has 0 aliphatic carbocycles. The van der Waals surface area contributed by atoms with Gasteiger partial charge >= 0.3 is 0 Å². The highest BCUT2D eigenvalue weighted by atomic mass is 16.5. The lowest BCUT2D eigenvalue weighted by Crippen LogP contribution is -2.80. The van der Waals surface area contributed by atoms with Gasteiger partial charge in [-0.15, -0.1) is 0 Å². The van der Waals surface area contributed by atoms with Crippen LogP contribution in [0.2, 0.25) is 0 Å². The van der Waals surface area contributed by atoms with E-state index >= 15 is 0 Å². The molecule has 0 aliphatic heterocycles. The molecule has 19 heavy (non-hydrogen) atoms. The van der Waals surface area contributed by atoms with Crippen molar-refractivity contribution in [1.82, 2.24) is 0 Å². The number of methoxy groups -OCH3 is 2. The molecule has 0 aliphatic rings. The summed E-state index contributed by atoms with van der Waals surface area (Å²) in [6, 6.07) is 16.4. The Morgan fingerprint density at radius 1 is 0.789 bits per heavy atom. The Kier molecular flexibility index (Phi) is 4.81. The van der Waals surface area contributed by atoms with Crippen LogP contribution in [0.25, 0.3) is 0 Å². The molecule has 0 saturated carbocycles. The topological polar surface area (TPSA) is 35.1 Å². The number of ether oxygens (including phenoxy) is 2. The largest absolute Gasteiger partial charge is 0.497 e. The molecule has 0 amide bonds. The quantitative estimate of drug-likeness (QED) is 0.859. The number of hydrogen-bond donors (Lipinski definition) is 1. The molecule has 0 radical (unpaired) electrons. The molecule has 0 fully saturated rings. The van der Waals surface area contributed by atoms with Gasteiger partial charge < -0.3 is 14.8 Å². The number of rotatable bonds is 6. The molecule has 0 heterocycles. The molecule has 0 saturated heterocycles. The van der Waals surface area contributed by atoms with Crippen LogP contribution in [0.5, 0.6) is 11.5 Å². The maximum atomic E-state index is 5.22. The van der Waals surface area contributed by atoms with Gasteiger partial charge in [0.25, 0.3) is 0 Å². The summed E-state index contributed by atoms with van der Waals surface area (Å²) in [5.41, 5.74) is 2.57. The minimum atomic E-state index is 0.900. The maximum Gasteiger partial charge on any atom is 0.119 e. The maximum absolute atomic E-state index is 5.22. The van der Waals surface area contributed by atoms with Gasteiger partial charge in [-0.1, -0.05) is 12.1 Å². The van der Waals surface area contributed by atoms with Gasteiger partial charge in [-0.25, -0.2) is 0 Å². The second kappa shape index (κ2) is 6.81. The molecule has 3 heteroatoms. The second-order valence-electron chi connectivity index (χ2n) is 4.40. The number of hydrogen-bond acceptors (Lipinski definition) is 2. The molecule has 0 atom stereocenters. The van der Waals surface area contributed by atoms with Crippen LogP contribution in [0.1, 0.15) is 11.1 Å². The predicted molar refractivity (Wildman–Crippen MR) is 75.3 cm³/mol. The van der Waals surface area contributed by atoms with Crippen molar-refractivity contribution in [2.24, 2.45) is 0 Å². The van der Waals surface area contributed by atoms with Crippen molar-refractivity contribution in [3.8, 4) is 11.5 Å². The van der Waals surface area contributed by atoms with Crippen molar-refractivity contribution in [2.45, 2.75) is 13.1 Å². The Morgan fingerprint density at radius 3 is 2.16 bits per heavy atom. The van der Waals surface area contributed by atoms with Crippen LogP contribution in [-0.4, -0.2) is 14.2 Å². The normalized spacial score (nSPS) is 10.2. The first-order valence-electron chi connectivity index (χ1n) is 6.39. The van der Waals surface area contributed by atoms with E-state index in [1.165, 1.54) is 11.1 Å². The average Bonchev–Trinajstić information content (AvgIpc) is 2.48. The van der Waals surface area contributed by atoms with Gasteiger partial charge in [0.1, 0.15) is 24.6 Å². The summed E-state index contributed by atoms with van der Waals surface area (Å²) in [5, 5.41) is 2.27. The van der Waals surface area contributed by atoms with Crippen molar-refractivity contribution in [3.05, 3.63) is 59.7 Å². The van der Waals surface area contributed by atoms with Gasteiger partial charge in [0.2, 0.25) is 0 Å². The van der Waals surface area contributed by atoms with Crippen LogP contribution in [0.15, 0.2) is 48.5 Å². The Bertz CT molecular complexity index is 508. The molecule has 100 valence electrons. The third kappa shape index (κ3) is 4.00. The molecule has 0 bridgehead atoms. The number of quaternary nitrogens is 1. The minimum Gasteiger partial charge on any atom is -0.497 e. The monoisotopic (exact) mass is 258 g/mol. The molecule has 0 aromatic heterocycles. The molecule has 2 N–H and O–H groups in total. The summed E-state index contributed by atoms with van der Waals surface area (Å²) in [5.74, 6) is 1.81. The van der Waals surface area contributed by atoms with E-state index in [-0.39, 0.29) is 0 Å². The Labute approximate surface area is 114 Å². The minimum absolute atomic E-state index is 0.900. The summed E-state index contributed by atoms with van der Waals surface area (Å²) in [4.78, 5) is 0. The first-order valence-corrected chi connectivity index (χ1v) is 6.39. The summed E-state index contributed by atoms with van der Waals surface area (Å²) in [7, 11) is 3.38. The zero-order valence-electron chi connectivity index (χ0n) is 11.4. The smallest absolute Gasteiger partial charge is 0.119 e. The molecule has 2 rings (SSSR count). The van der Waals surface area contributed by atoms with Crippen LogP contribution in [0.4, 0.5) is 0 Å². The highest BCUT2D eigenvalue weighted by Gasteiger charge is 2.00. The lowest BCUT2D eigenvalue weighted by atomic mass is 10.2. The van der Waals surface area contributed by atoms with Crippen molar-refractivity contribution >= 4 is 0 Å². The Hall–Kier alpha value is -2.00. The zero-order chi connectivity index (χ0) is 13.5. The summed E-state index contributed by atoms with van der Waals surface area (Å²) in [6.45, 7) is 1.91. The summed E-state index contributed by atoms with van der Waals surface area (Å²) >= 11 is 0. The fourth-order valence-corrected chi connectivity index (χ4v) is 1.97. The number of nitrogens with two attached hydrogens (primary N) is 1. The molecule has 3 nitrogen and oxygen atoms in total. The Morgan fingerprint density at radius 2 is 1.47 bits per heavy atom. The van der Waals surface area contributed by atoms with Gasteiger partial charge in [-0.05, 0) is 36.4 Å². The third-order valence-corrected chi connectivity index (χ3v) is 3.05. The van der Waals surface area contributed by atoms with E-state index in [9.17, 15) is 0 Å². The molecular formula is C16H20NO2+. The van der Waals surface area contributed by atoms with Crippen molar-refractivity contribution in [3.63, 3.8) is 0 Å². The fourth-order valence-electron chi connectivity index (χ4n) is 1.97. The lowest BCUT2D eigenvalue weighted by Gasteiger charge is -2.05. The highest BCUT2D eigenvalue weighted by Crippen LogP contribution is 2.12. The van der Waals surface area contributed by atoms with Crippen LogP contribution in [-0.2, 0) is 13.1 Å². The Balaban J connectivity index is 1.85. The molecule has 2 aromatic carbocycles. The van der Waals surface area contributed by atoms with E-state index in [0.29, 0.717) is 0 Å². The first kappa shape index (κ1) is 13.4. The van der Waals surface area contributed by atoms with E-state index in [4.69, 9.17) is 9.47 Å². The molecular weight excluding hydrogens is 238 g/mol. The SMILES string of the molecule is COc1ccc(C[NH2+]Cc2cccc(OC)c2)cc1. The predicted octanol–water partition coefficient (Wildman–Crippen LogP) is 1.97. The standard InChI is InChI=1S/C16H19NO2/c1-18-15-8-6-13(7-9-15)11-17-12-14-4-3-5-16(10-14)19-2/h3-10,17H,11-12H2,1-2H3/p+1. The second-order valence-corrected chi connectivity index (χ2v) is 4.40. The van der Waals surface area contributed by atoms with Gasteiger partial charge in [0.15, 0.2) is 0 Å². The lowest BCUT2D eigenvalue weighted by molar-refractivity contribution is -0.686. The number of benzene rings is 2. The average molecular weight is 258 g/mol. The van der Waals surface area contributed by atoms with Crippen LogP contribution >= 0.6 is 0 Å². The van der Waals surface area contributed by atoms with E-state index < -0.39 is 0 Å². The van der Waals surface area contributed by atoms with Crippen LogP contribution < -0.4 is 14.8 Å². The molecule has 0 unspecified atom stereocenters. The third-order valence-electron chi connectivity index (χ3n) is 3.05. The highest BCUT2D eigenvalue weighted by molar-refractivity contribution is 5.28. The van der Waals surface area contributed by atoms with E-state index in [1.807, 2.05) is 24.3 Å². The summed E-state index contributed by atoms with van der Waals surface area (Å²) in [6.07, 6.45) is 0. The molecule has 0 spiro atoms. The van der Waals surface area contributed by atoms with E-state index in [1.54, 1.807) is 14.2 Å². The van der Waals surface area contributed by atoms with Crippen LogP contribution in [0.3, 0.4) is 0 Å². The molecule has 2 aromatic rings. The van der Waals surface area contributed by atoms with Gasteiger partial charge in [0.05, 0.1) is 14.2 Å². The van der Waals surface area contributed by atoms with E-state index in [2.05, 4.69) is 29.6 Å². The van der Waals surface area contributed by atoms with Gasteiger partial charge in [0, 0.05) is 11.1 Å². The first-order chi connectivity index (χ1) is 9.31. The van der Waals surface area contributed by atoms with Gasteiger partial charge in [-0.3, -0.25) is 0 Å². The van der Waals surface area contributed by atoms with Crippen molar-refractivity contribution in [2.75, 3.05) is 14.2 Å². The van der Waals surface area contributed by atoms with Crippen LogP contribution in [0, 0.1) is 0 Å². The van der Waals surface area contributed by atoms with Crippen molar-refractivity contribution < 1.29 is 14.8 Å². The summed E-state index contributed by atoms with van der Waals surface area (Å²) < 4.78 is 10.4. The van der Waals surface area contributed by atoms with Crippen molar-refractivity contribution in [1.29, 1.82) is 0 Å². The zero-order valence-corrected chi connectivity index (χ0v) is 11.4.